The molecule has 5 nitrogen and oxygen atoms in total. The van der Waals surface area contributed by atoms with Crippen molar-refractivity contribution in [3.05, 3.63) is 59.9 Å². The van der Waals surface area contributed by atoms with Gasteiger partial charge in [-0.05, 0) is 43.3 Å². The van der Waals surface area contributed by atoms with Gasteiger partial charge in [0.05, 0.1) is 0 Å². The van der Waals surface area contributed by atoms with Crippen LogP contribution in [0.5, 0.6) is 0 Å². The molecule has 0 fully saturated rings. The topological polar surface area (TPSA) is 66.0 Å². The number of aromatic nitrogens is 1. The van der Waals surface area contributed by atoms with Crippen molar-refractivity contribution in [1.29, 1.82) is 0 Å². The number of hydrogen-bond acceptors (Lipinski definition) is 3. The predicted molar refractivity (Wildman–Crippen MR) is 84.0 cm³/mol. The van der Waals surface area contributed by atoms with Crippen LogP contribution in [-0.2, 0) is 6.54 Å². The minimum atomic E-state index is -0.229. The molecule has 21 heavy (non-hydrogen) atoms. The zero-order chi connectivity index (χ0) is 15.1. The van der Waals surface area contributed by atoms with Crippen molar-refractivity contribution >= 4 is 11.7 Å². The number of amides is 2. The number of pyridine rings is 1. The van der Waals surface area contributed by atoms with Gasteiger partial charge in [0.15, 0.2) is 0 Å². The standard InChI is InChI=1S/C16H20N4O/c1-12(17-2)14-6-3-7-15(9-14)20-16(21)19-11-13-5-4-8-18-10-13/h3-10,12,17H,11H2,1-2H3,(H2,19,20,21). The molecule has 0 aliphatic rings. The monoisotopic (exact) mass is 284 g/mol. The molecule has 3 N–H and O–H groups in total. The van der Waals surface area contributed by atoms with E-state index in [-0.39, 0.29) is 12.1 Å². The van der Waals surface area contributed by atoms with Gasteiger partial charge in [0.1, 0.15) is 0 Å². The molecule has 1 heterocycles. The van der Waals surface area contributed by atoms with E-state index in [1.807, 2.05) is 43.4 Å². The molecule has 2 amide bonds. The van der Waals surface area contributed by atoms with Crippen molar-refractivity contribution in [3.63, 3.8) is 0 Å². The van der Waals surface area contributed by atoms with Crippen molar-refractivity contribution in [1.82, 2.24) is 15.6 Å². The van der Waals surface area contributed by atoms with Gasteiger partial charge < -0.3 is 16.0 Å². The van der Waals surface area contributed by atoms with Crippen molar-refractivity contribution in [2.24, 2.45) is 0 Å². The fourth-order valence-electron chi connectivity index (χ4n) is 1.91. The summed E-state index contributed by atoms with van der Waals surface area (Å²) in [5.41, 5.74) is 2.87. The Morgan fingerprint density at radius 3 is 2.86 bits per heavy atom. The van der Waals surface area contributed by atoms with Crippen LogP contribution >= 0.6 is 0 Å². The second kappa shape index (κ2) is 7.40. The minimum absolute atomic E-state index is 0.229. The molecule has 1 unspecified atom stereocenters. The van der Waals surface area contributed by atoms with Gasteiger partial charge >= 0.3 is 6.03 Å². The molecular weight excluding hydrogens is 264 g/mol. The van der Waals surface area contributed by atoms with Gasteiger partial charge in [0.2, 0.25) is 0 Å². The number of rotatable bonds is 5. The number of nitrogens with one attached hydrogen (secondary N) is 3. The van der Waals surface area contributed by atoms with E-state index in [0.717, 1.165) is 16.8 Å². The predicted octanol–water partition coefficient (Wildman–Crippen LogP) is 2.68. The highest BCUT2D eigenvalue weighted by Crippen LogP contribution is 2.16. The average Bonchev–Trinajstić information content (AvgIpc) is 2.53. The quantitative estimate of drug-likeness (QED) is 0.791. The number of urea groups is 1. The third-order valence-electron chi connectivity index (χ3n) is 3.25. The fraction of sp³-hybridized carbons (Fsp3) is 0.250. The Hall–Kier alpha value is -2.40. The second-order valence-electron chi connectivity index (χ2n) is 4.80. The van der Waals surface area contributed by atoms with Crippen molar-refractivity contribution in [3.8, 4) is 0 Å². The highest BCUT2D eigenvalue weighted by Gasteiger charge is 2.05. The Labute approximate surface area is 124 Å². The number of carbonyl (C=O) groups excluding carboxylic acids is 1. The first kappa shape index (κ1) is 15.0. The summed E-state index contributed by atoms with van der Waals surface area (Å²) >= 11 is 0. The number of nitrogens with zero attached hydrogens (tertiary/aromatic N) is 1. The van der Waals surface area contributed by atoms with Crippen LogP contribution in [0.25, 0.3) is 0 Å². The Bertz CT molecular complexity index is 586. The second-order valence-corrected chi connectivity index (χ2v) is 4.80. The minimum Gasteiger partial charge on any atom is -0.334 e. The van der Waals surface area contributed by atoms with E-state index in [0.29, 0.717) is 6.54 Å². The highest BCUT2D eigenvalue weighted by atomic mass is 16.2. The van der Waals surface area contributed by atoms with E-state index in [1.54, 1.807) is 12.4 Å². The summed E-state index contributed by atoms with van der Waals surface area (Å²) in [5, 5.41) is 8.81. The van der Waals surface area contributed by atoms with Crippen LogP contribution in [0.3, 0.4) is 0 Å². The lowest BCUT2D eigenvalue weighted by Crippen LogP contribution is -2.28. The first-order valence-corrected chi connectivity index (χ1v) is 6.90. The highest BCUT2D eigenvalue weighted by molar-refractivity contribution is 5.89. The van der Waals surface area contributed by atoms with Crippen LogP contribution < -0.4 is 16.0 Å². The smallest absolute Gasteiger partial charge is 0.319 e. The first-order valence-electron chi connectivity index (χ1n) is 6.90. The Morgan fingerprint density at radius 2 is 2.14 bits per heavy atom. The van der Waals surface area contributed by atoms with Crippen LogP contribution in [0.15, 0.2) is 48.8 Å². The van der Waals surface area contributed by atoms with Gasteiger partial charge in [-0.15, -0.1) is 0 Å². The van der Waals surface area contributed by atoms with Gasteiger partial charge in [-0.1, -0.05) is 18.2 Å². The zero-order valence-corrected chi connectivity index (χ0v) is 12.3. The Balaban J connectivity index is 1.90. The molecule has 2 aromatic rings. The van der Waals surface area contributed by atoms with Crippen molar-refractivity contribution in [2.45, 2.75) is 19.5 Å². The molecule has 2 rings (SSSR count). The van der Waals surface area contributed by atoms with Gasteiger partial charge in [-0.3, -0.25) is 4.98 Å². The molecule has 0 aliphatic carbocycles. The molecule has 0 spiro atoms. The summed E-state index contributed by atoms with van der Waals surface area (Å²) in [5.74, 6) is 0. The molecule has 1 atom stereocenters. The molecule has 1 aromatic heterocycles. The lowest BCUT2D eigenvalue weighted by atomic mass is 10.1. The summed E-state index contributed by atoms with van der Waals surface area (Å²) in [7, 11) is 1.91. The lowest BCUT2D eigenvalue weighted by molar-refractivity contribution is 0.251. The molecule has 5 heteroatoms. The van der Waals surface area contributed by atoms with Gasteiger partial charge in [0, 0.05) is 30.7 Å². The fourth-order valence-corrected chi connectivity index (χ4v) is 1.91. The molecule has 110 valence electrons. The van der Waals surface area contributed by atoms with Crippen LogP contribution in [0, 0.1) is 0 Å². The van der Waals surface area contributed by atoms with Gasteiger partial charge in [0.25, 0.3) is 0 Å². The van der Waals surface area contributed by atoms with E-state index in [1.165, 1.54) is 0 Å². The SMILES string of the molecule is CNC(C)c1cccc(NC(=O)NCc2cccnc2)c1. The maximum atomic E-state index is 11.9. The van der Waals surface area contributed by atoms with Crippen LogP contribution in [0.1, 0.15) is 24.1 Å². The van der Waals surface area contributed by atoms with Gasteiger partial charge in [-0.25, -0.2) is 4.79 Å². The maximum Gasteiger partial charge on any atom is 0.319 e. The Kier molecular flexibility index (Phi) is 5.29. The molecule has 0 bridgehead atoms. The van der Waals surface area contributed by atoms with Gasteiger partial charge in [-0.2, -0.15) is 0 Å². The lowest BCUT2D eigenvalue weighted by Gasteiger charge is -2.13. The van der Waals surface area contributed by atoms with Crippen molar-refractivity contribution in [2.75, 3.05) is 12.4 Å². The normalized spacial score (nSPS) is 11.7. The number of anilines is 1. The van der Waals surface area contributed by atoms with E-state index in [2.05, 4.69) is 27.9 Å². The number of carbonyl (C=O) groups is 1. The summed E-state index contributed by atoms with van der Waals surface area (Å²) < 4.78 is 0. The van der Waals surface area contributed by atoms with Crippen LogP contribution in [0.4, 0.5) is 10.5 Å². The van der Waals surface area contributed by atoms with E-state index in [4.69, 9.17) is 0 Å². The maximum absolute atomic E-state index is 11.9. The summed E-state index contributed by atoms with van der Waals surface area (Å²) in [6.07, 6.45) is 3.44. The molecule has 0 saturated heterocycles. The molecular formula is C16H20N4O. The van der Waals surface area contributed by atoms with E-state index < -0.39 is 0 Å². The molecule has 0 saturated carbocycles. The summed E-state index contributed by atoms with van der Waals surface area (Å²) in [4.78, 5) is 15.9. The summed E-state index contributed by atoms with van der Waals surface area (Å²) in [6.45, 7) is 2.52. The molecule has 0 radical (unpaired) electrons. The molecule has 0 aliphatic heterocycles. The van der Waals surface area contributed by atoms with E-state index >= 15 is 0 Å². The number of benzene rings is 1. The third kappa shape index (κ3) is 4.57. The van der Waals surface area contributed by atoms with Crippen LogP contribution in [-0.4, -0.2) is 18.1 Å². The average molecular weight is 284 g/mol. The summed E-state index contributed by atoms with van der Waals surface area (Å²) in [6, 6.07) is 11.6. The third-order valence-corrected chi connectivity index (χ3v) is 3.25. The zero-order valence-electron chi connectivity index (χ0n) is 12.3. The first-order chi connectivity index (χ1) is 10.2. The van der Waals surface area contributed by atoms with Crippen LogP contribution in [0.2, 0.25) is 0 Å². The molecule has 1 aromatic carbocycles. The van der Waals surface area contributed by atoms with Crippen molar-refractivity contribution < 1.29 is 4.79 Å². The number of hydrogen-bond donors (Lipinski definition) is 3. The Morgan fingerprint density at radius 1 is 1.29 bits per heavy atom. The van der Waals surface area contributed by atoms with E-state index in [9.17, 15) is 4.79 Å². The largest absolute Gasteiger partial charge is 0.334 e.